The minimum atomic E-state index is -2.50. The maximum absolute atomic E-state index is 13.1. The van der Waals surface area contributed by atoms with Crippen LogP contribution in [0.2, 0.25) is 0 Å². The van der Waals surface area contributed by atoms with Crippen molar-refractivity contribution in [1.82, 2.24) is 4.57 Å². The SMILES string of the molecule is C=C(C)C(=O)Nc1ccc(-n2c3ccccc3c3cc(-c4ccc(OC(F)=C(F)F)cc4)ccc32)cc1.CC. The van der Waals surface area contributed by atoms with Gasteiger partial charge in [0.15, 0.2) is 0 Å². The lowest BCUT2D eigenvalue weighted by atomic mass is 10.0. The summed E-state index contributed by atoms with van der Waals surface area (Å²) in [6.45, 7) is 9.32. The molecule has 4 aromatic carbocycles. The van der Waals surface area contributed by atoms with Crippen LogP contribution in [0, 0.1) is 0 Å². The molecule has 0 saturated carbocycles. The molecule has 0 saturated heterocycles. The molecule has 0 spiro atoms. The lowest BCUT2D eigenvalue weighted by molar-refractivity contribution is -0.112. The quantitative estimate of drug-likeness (QED) is 0.176. The van der Waals surface area contributed by atoms with Gasteiger partial charge in [0.2, 0.25) is 0 Å². The largest absolute Gasteiger partial charge is 0.428 e. The molecule has 5 aromatic rings. The summed E-state index contributed by atoms with van der Waals surface area (Å²) in [6, 6.07) is 26.1. The second-order valence-electron chi connectivity index (χ2n) is 8.53. The number of halogens is 3. The van der Waals surface area contributed by atoms with Crippen molar-refractivity contribution in [2.45, 2.75) is 20.8 Å². The van der Waals surface area contributed by atoms with Gasteiger partial charge in [0, 0.05) is 27.7 Å². The number of carbonyl (C=O) groups excluding carboxylic acids is 1. The molecule has 4 nitrogen and oxygen atoms in total. The van der Waals surface area contributed by atoms with Crippen LogP contribution in [0.15, 0.2) is 115 Å². The minimum absolute atomic E-state index is 0.0189. The highest BCUT2D eigenvalue weighted by Crippen LogP contribution is 2.35. The van der Waals surface area contributed by atoms with Gasteiger partial charge in [-0.25, -0.2) is 0 Å². The van der Waals surface area contributed by atoms with Crippen molar-refractivity contribution < 1.29 is 22.7 Å². The van der Waals surface area contributed by atoms with Gasteiger partial charge in [-0.15, -0.1) is 0 Å². The Bertz CT molecular complexity index is 1680. The van der Waals surface area contributed by atoms with Gasteiger partial charge in [-0.3, -0.25) is 4.79 Å². The summed E-state index contributed by atoms with van der Waals surface area (Å²) in [5.74, 6) is -0.248. The molecule has 5 rings (SSSR count). The van der Waals surface area contributed by atoms with E-state index >= 15 is 0 Å². The van der Waals surface area contributed by atoms with Crippen molar-refractivity contribution >= 4 is 33.4 Å². The Hall–Kier alpha value is -4.78. The number of para-hydroxylation sites is 1. The fraction of sp³-hybridized carbons (Fsp3) is 0.0938. The molecule has 0 bridgehead atoms. The molecule has 1 amide bonds. The number of hydrogen-bond acceptors (Lipinski definition) is 2. The lowest BCUT2D eigenvalue weighted by Crippen LogP contribution is -2.11. The summed E-state index contributed by atoms with van der Waals surface area (Å²) in [6.07, 6.45) is -2.50. The molecule has 7 heteroatoms. The molecule has 39 heavy (non-hydrogen) atoms. The number of rotatable bonds is 6. The summed E-state index contributed by atoms with van der Waals surface area (Å²) in [5.41, 5.74) is 5.80. The van der Waals surface area contributed by atoms with Crippen LogP contribution in [0.3, 0.4) is 0 Å². The fourth-order valence-corrected chi connectivity index (χ4v) is 4.22. The van der Waals surface area contributed by atoms with Crippen LogP contribution < -0.4 is 10.1 Å². The highest BCUT2D eigenvalue weighted by molar-refractivity contribution is 6.10. The molecule has 0 fully saturated rings. The van der Waals surface area contributed by atoms with Gasteiger partial charge < -0.3 is 14.6 Å². The summed E-state index contributed by atoms with van der Waals surface area (Å²) in [7, 11) is 0. The Kier molecular flexibility index (Phi) is 8.20. The van der Waals surface area contributed by atoms with Crippen LogP contribution in [0.4, 0.5) is 18.9 Å². The van der Waals surface area contributed by atoms with E-state index in [2.05, 4.69) is 33.3 Å². The number of nitrogens with one attached hydrogen (secondary N) is 1. The topological polar surface area (TPSA) is 43.3 Å². The summed E-state index contributed by atoms with van der Waals surface area (Å²) in [4.78, 5) is 11.9. The van der Waals surface area contributed by atoms with Gasteiger partial charge in [0.05, 0.1) is 11.0 Å². The van der Waals surface area contributed by atoms with Crippen LogP contribution in [0.1, 0.15) is 20.8 Å². The van der Waals surface area contributed by atoms with E-state index in [1.165, 1.54) is 12.1 Å². The average molecular weight is 529 g/mol. The molecule has 0 atom stereocenters. The number of anilines is 1. The molecule has 1 heterocycles. The lowest BCUT2D eigenvalue weighted by Gasteiger charge is -2.10. The first-order valence-corrected chi connectivity index (χ1v) is 12.4. The molecule has 0 aliphatic rings. The van der Waals surface area contributed by atoms with Crippen molar-refractivity contribution in [3.63, 3.8) is 0 Å². The van der Waals surface area contributed by atoms with Gasteiger partial charge in [-0.1, -0.05) is 56.8 Å². The van der Waals surface area contributed by atoms with Crippen LogP contribution in [-0.4, -0.2) is 10.5 Å². The molecular weight excluding hydrogens is 501 g/mol. The zero-order valence-electron chi connectivity index (χ0n) is 21.8. The van der Waals surface area contributed by atoms with Crippen LogP contribution in [-0.2, 0) is 4.79 Å². The average Bonchev–Trinajstić information content (AvgIpc) is 3.28. The van der Waals surface area contributed by atoms with E-state index in [9.17, 15) is 18.0 Å². The molecule has 0 radical (unpaired) electrons. The van der Waals surface area contributed by atoms with Crippen LogP contribution in [0.25, 0.3) is 38.6 Å². The standard InChI is InChI=1S/C30H21F3N2O2.C2H6/c1-18(2)30(36)34-21-10-12-22(13-11-21)35-26-6-4-3-5-24(26)25-17-20(9-16-27(25)35)19-7-14-23(15-8-19)37-29(33)28(31)32;1-2/h3-17H,1H2,2H3,(H,34,36);1-2H3. The van der Waals surface area contributed by atoms with E-state index in [0.717, 1.165) is 38.6 Å². The number of benzene rings is 4. The zero-order chi connectivity index (χ0) is 28.1. The predicted molar refractivity (Wildman–Crippen MR) is 152 cm³/mol. The number of ether oxygens (including phenoxy) is 1. The van der Waals surface area contributed by atoms with E-state index < -0.39 is 12.1 Å². The van der Waals surface area contributed by atoms with E-state index in [1.807, 2.05) is 68.4 Å². The van der Waals surface area contributed by atoms with E-state index in [4.69, 9.17) is 0 Å². The van der Waals surface area contributed by atoms with Gasteiger partial charge in [0.25, 0.3) is 5.91 Å². The Morgan fingerprint density at radius 2 is 1.41 bits per heavy atom. The third-order valence-electron chi connectivity index (χ3n) is 5.99. The maximum atomic E-state index is 13.1. The van der Waals surface area contributed by atoms with Crippen molar-refractivity contribution in [1.29, 1.82) is 0 Å². The van der Waals surface area contributed by atoms with E-state index in [0.29, 0.717) is 11.3 Å². The van der Waals surface area contributed by atoms with Crippen molar-refractivity contribution in [2.75, 3.05) is 5.32 Å². The molecule has 0 aliphatic carbocycles. The van der Waals surface area contributed by atoms with Gasteiger partial charge in [-0.2, -0.15) is 13.2 Å². The number of carbonyl (C=O) groups is 1. The van der Waals surface area contributed by atoms with Gasteiger partial charge >= 0.3 is 12.1 Å². The number of aromatic nitrogens is 1. The Morgan fingerprint density at radius 1 is 0.795 bits per heavy atom. The second kappa shape index (κ2) is 11.7. The molecule has 0 aliphatic heterocycles. The zero-order valence-corrected chi connectivity index (χ0v) is 21.8. The number of nitrogens with zero attached hydrogens (tertiary/aromatic N) is 1. The van der Waals surface area contributed by atoms with E-state index in [-0.39, 0.29) is 11.7 Å². The minimum Gasteiger partial charge on any atom is -0.428 e. The Morgan fingerprint density at radius 3 is 2.05 bits per heavy atom. The normalized spacial score (nSPS) is 10.5. The first kappa shape index (κ1) is 27.3. The van der Waals surface area contributed by atoms with Crippen LogP contribution >= 0.6 is 0 Å². The second-order valence-corrected chi connectivity index (χ2v) is 8.53. The Labute approximate surface area is 224 Å². The van der Waals surface area contributed by atoms with Crippen molar-refractivity contribution in [3.05, 3.63) is 115 Å². The third kappa shape index (κ3) is 5.72. The number of hydrogen-bond donors (Lipinski definition) is 1. The molecule has 1 N–H and O–H groups in total. The maximum Gasteiger partial charge on any atom is 0.344 e. The molecule has 0 unspecified atom stereocenters. The highest BCUT2D eigenvalue weighted by atomic mass is 19.3. The number of fused-ring (bicyclic) bond motifs is 3. The number of amides is 1. The Balaban J connectivity index is 0.00000172. The molecule has 198 valence electrons. The smallest absolute Gasteiger partial charge is 0.344 e. The third-order valence-corrected chi connectivity index (χ3v) is 5.99. The first-order chi connectivity index (χ1) is 18.8. The van der Waals surface area contributed by atoms with E-state index in [1.54, 1.807) is 19.1 Å². The van der Waals surface area contributed by atoms with Crippen molar-refractivity contribution in [3.8, 4) is 22.6 Å². The fourth-order valence-electron chi connectivity index (χ4n) is 4.22. The highest BCUT2D eigenvalue weighted by Gasteiger charge is 2.14. The van der Waals surface area contributed by atoms with Crippen LogP contribution in [0.5, 0.6) is 5.75 Å². The predicted octanol–water partition coefficient (Wildman–Crippen LogP) is 9.41. The molecule has 1 aromatic heterocycles. The first-order valence-electron chi connectivity index (χ1n) is 12.4. The monoisotopic (exact) mass is 528 g/mol. The van der Waals surface area contributed by atoms with Gasteiger partial charge in [-0.05, 0) is 72.6 Å². The summed E-state index contributed by atoms with van der Waals surface area (Å²) < 4.78 is 44.4. The summed E-state index contributed by atoms with van der Waals surface area (Å²) in [5, 5.41) is 4.91. The summed E-state index contributed by atoms with van der Waals surface area (Å²) >= 11 is 0. The molecular formula is C32H27F3N2O2. The van der Waals surface area contributed by atoms with Gasteiger partial charge in [0.1, 0.15) is 5.75 Å². The van der Waals surface area contributed by atoms with Crippen molar-refractivity contribution in [2.24, 2.45) is 0 Å².